The molecular formula is C10H14BrNO. The molecule has 0 spiro atoms. The molecule has 0 aromatic carbocycles. The van der Waals surface area contributed by atoms with Crippen LogP contribution < -0.4 is 0 Å². The first-order valence-corrected chi connectivity index (χ1v) is 5.65. The van der Waals surface area contributed by atoms with Crippen molar-refractivity contribution in [2.24, 2.45) is 0 Å². The fourth-order valence-corrected chi connectivity index (χ4v) is 2.62. The van der Waals surface area contributed by atoms with Gasteiger partial charge in [0.1, 0.15) is 4.32 Å². The van der Waals surface area contributed by atoms with Crippen molar-refractivity contribution in [1.82, 2.24) is 4.90 Å². The number of carbonyl (C=O) groups excluding carboxylic acids is 1. The molecule has 1 aliphatic heterocycles. The Kier molecular flexibility index (Phi) is 2.45. The van der Waals surface area contributed by atoms with Gasteiger partial charge in [0.15, 0.2) is 0 Å². The van der Waals surface area contributed by atoms with Gasteiger partial charge in [0.05, 0.1) is 0 Å². The van der Waals surface area contributed by atoms with E-state index in [0.29, 0.717) is 5.91 Å². The third-order valence-corrected chi connectivity index (χ3v) is 4.01. The lowest BCUT2D eigenvalue weighted by atomic mass is 9.84. The van der Waals surface area contributed by atoms with Gasteiger partial charge in [-0.05, 0) is 25.7 Å². The van der Waals surface area contributed by atoms with Gasteiger partial charge in [0.25, 0.3) is 0 Å². The van der Waals surface area contributed by atoms with E-state index in [4.69, 9.17) is 0 Å². The highest BCUT2D eigenvalue weighted by Crippen LogP contribution is 2.41. The van der Waals surface area contributed by atoms with Gasteiger partial charge in [0, 0.05) is 13.1 Å². The number of hydrogen-bond acceptors (Lipinski definition) is 1. The van der Waals surface area contributed by atoms with E-state index >= 15 is 0 Å². The van der Waals surface area contributed by atoms with Gasteiger partial charge < -0.3 is 4.90 Å². The number of hydrogen-bond donors (Lipinski definition) is 0. The topological polar surface area (TPSA) is 20.3 Å². The maximum Gasteiger partial charge on any atom is 0.239 e. The number of nitrogens with zero attached hydrogens (tertiary/aromatic N) is 1. The minimum atomic E-state index is -0.196. The second-order valence-corrected chi connectivity index (χ2v) is 5.35. The van der Waals surface area contributed by atoms with Gasteiger partial charge in [-0.3, -0.25) is 4.79 Å². The van der Waals surface area contributed by atoms with E-state index < -0.39 is 0 Å². The van der Waals surface area contributed by atoms with Crippen molar-refractivity contribution in [1.29, 1.82) is 0 Å². The minimum Gasteiger partial charge on any atom is -0.337 e. The van der Waals surface area contributed by atoms with E-state index in [9.17, 15) is 4.79 Å². The van der Waals surface area contributed by atoms with Gasteiger partial charge in [0.2, 0.25) is 5.91 Å². The maximum absolute atomic E-state index is 11.9. The van der Waals surface area contributed by atoms with E-state index in [2.05, 4.69) is 28.1 Å². The van der Waals surface area contributed by atoms with Crippen molar-refractivity contribution in [3.63, 3.8) is 0 Å². The van der Waals surface area contributed by atoms with Crippen LogP contribution in [0.2, 0.25) is 0 Å². The molecule has 1 fully saturated rings. The molecule has 0 N–H and O–H groups in total. The molecule has 1 saturated carbocycles. The van der Waals surface area contributed by atoms with Gasteiger partial charge in [-0.15, -0.1) is 0 Å². The van der Waals surface area contributed by atoms with Crippen LogP contribution in [0.15, 0.2) is 12.2 Å². The molecule has 1 aliphatic carbocycles. The second kappa shape index (κ2) is 3.45. The highest BCUT2D eigenvalue weighted by atomic mass is 79.9. The summed E-state index contributed by atoms with van der Waals surface area (Å²) in [6.45, 7) is 1.69. The summed E-state index contributed by atoms with van der Waals surface area (Å²) in [5, 5.41) is 0. The molecule has 1 amide bonds. The average Bonchev–Trinajstić information content (AvgIpc) is 2.14. The van der Waals surface area contributed by atoms with Gasteiger partial charge in [-0.25, -0.2) is 0 Å². The van der Waals surface area contributed by atoms with E-state index in [1.807, 2.05) is 4.90 Å². The summed E-state index contributed by atoms with van der Waals surface area (Å²) in [5.41, 5.74) is 0. The number of halogens is 1. The molecule has 0 aromatic heterocycles. The molecular weight excluding hydrogens is 230 g/mol. The molecule has 72 valence electrons. The van der Waals surface area contributed by atoms with Crippen molar-refractivity contribution in [3.8, 4) is 0 Å². The minimum absolute atomic E-state index is 0.196. The SMILES string of the molecule is O=C(N1CC=CCC1)C1(Br)CCC1. The van der Waals surface area contributed by atoms with Crippen molar-refractivity contribution < 1.29 is 4.79 Å². The average molecular weight is 244 g/mol. The van der Waals surface area contributed by atoms with E-state index in [-0.39, 0.29) is 4.32 Å². The molecule has 0 unspecified atom stereocenters. The second-order valence-electron chi connectivity index (χ2n) is 3.83. The zero-order valence-electron chi connectivity index (χ0n) is 7.63. The van der Waals surface area contributed by atoms with Crippen LogP contribution in [0.4, 0.5) is 0 Å². The van der Waals surface area contributed by atoms with Gasteiger partial charge >= 0.3 is 0 Å². The standard InChI is InChI=1S/C10H14BrNO/c11-10(5-4-6-10)9(13)12-7-2-1-3-8-12/h1-2H,3-8H2. The summed E-state index contributed by atoms with van der Waals surface area (Å²) in [4.78, 5) is 13.9. The van der Waals surface area contributed by atoms with E-state index in [1.165, 1.54) is 6.42 Å². The maximum atomic E-state index is 11.9. The largest absolute Gasteiger partial charge is 0.337 e. The summed E-state index contributed by atoms with van der Waals surface area (Å²) in [7, 11) is 0. The lowest BCUT2D eigenvalue weighted by Crippen LogP contribution is -2.50. The summed E-state index contributed by atoms with van der Waals surface area (Å²) in [6, 6.07) is 0. The van der Waals surface area contributed by atoms with Crippen molar-refractivity contribution in [3.05, 3.63) is 12.2 Å². The molecule has 3 heteroatoms. The normalized spacial score (nSPS) is 25.5. The summed E-state index contributed by atoms with van der Waals surface area (Å²) in [6.07, 6.45) is 8.43. The Bertz CT molecular complexity index is 245. The first-order chi connectivity index (χ1) is 6.22. The van der Waals surface area contributed by atoms with Crippen molar-refractivity contribution in [2.75, 3.05) is 13.1 Å². The highest BCUT2D eigenvalue weighted by molar-refractivity contribution is 9.10. The van der Waals surface area contributed by atoms with Crippen molar-refractivity contribution in [2.45, 2.75) is 30.0 Å². The molecule has 0 bridgehead atoms. The molecule has 0 atom stereocenters. The van der Waals surface area contributed by atoms with Crippen LogP contribution in [0.5, 0.6) is 0 Å². The smallest absolute Gasteiger partial charge is 0.239 e. The zero-order chi connectivity index (χ0) is 9.31. The molecule has 2 aliphatic rings. The van der Waals surface area contributed by atoms with Gasteiger partial charge in [-0.2, -0.15) is 0 Å². The molecule has 0 radical (unpaired) electrons. The Hall–Kier alpha value is -0.310. The predicted octanol–water partition coefficient (Wildman–Crippen LogP) is 2.09. The number of amides is 1. The Morgan fingerprint density at radius 1 is 1.38 bits per heavy atom. The van der Waals surface area contributed by atoms with E-state index in [1.54, 1.807) is 0 Å². The third kappa shape index (κ3) is 1.66. The van der Waals surface area contributed by atoms with Crippen molar-refractivity contribution >= 4 is 21.8 Å². The third-order valence-electron chi connectivity index (χ3n) is 2.87. The first kappa shape index (κ1) is 9.25. The lowest BCUT2D eigenvalue weighted by Gasteiger charge is -2.39. The van der Waals surface area contributed by atoms with Crippen LogP contribution in [-0.4, -0.2) is 28.2 Å². The monoisotopic (exact) mass is 243 g/mol. The number of alkyl halides is 1. The highest BCUT2D eigenvalue weighted by Gasteiger charge is 2.43. The zero-order valence-corrected chi connectivity index (χ0v) is 9.22. The Morgan fingerprint density at radius 2 is 2.15 bits per heavy atom. The summed E-state index contributed by atoms with van der Waals surface area (Å²) in [5.74, 6) is 0.295. The molecule has 0 saturated heterocycles. The predicted molar refractivity (Wildman–Crippen MR) is 55.8 cm³/mol. The van der Waals surface area contributed by atoms with Crippen LogP contribution in [0.1, 0.15) is 25.7 Å². The fourth-order valence-electron chi connectivity index (χ4n) is 1.81. The van der Waals surface area contributed by atoms with Crippen LogP contribution in [-0.2, 0) is 4.79 Å². The van der Waals surface area contributed by atoms with Crippen LogP contribution in [0.3, 0.4) is 0 Å². The molecule has 2 rings (SSSR count). The number of rotatable bonds is 1. The summed E-state index contributed by atoms with van der Waals surface area (Å²) < 4.78 is -0.196. The Morgan fingerprint density at radius 3 is 2.62 bits per heavy atom. The lowest BCUT2D eigenvalue weighted by molar-refractivity contribution is -0.135. The van der Waals surface area contributed by atoms with Crippen LogP contribution >= 0.6 is 15.9 Å². The summed E-state index contributed by atoms with van der Waals surface area (Å²) >= 11 is 3.55. The first-order valence-electron chi connectivity index (χ1n) is 4.86. The fraction of sp³-hybridized carbons (Fsp3) is 0.700. The van der Waals surface area contributed by atoms with Crippen LogP contribution in [0, 0.1) is 0 Å². The molecule has 13 heavy (non-hydrogen) atoms. The van der Waals surface area contributed by atoms with Gasteiger partial charge in [-0.1, -0.05) is 28.1 Å². The number of carbonyl (C=O) groups is 1. The Labute approximate surface area is 87.1 Å². The quantitative estimate of drug-likeness (QED) is 0.511. The molecule has 2 nitrogen and oxygen atoms in total. The molecule has 1 heterocycles. The van der Waals surface area contributed by atoms with E-state index in [0.717, 1.165) is 32.4 Å². The molecule has 0 aromatic rings. The Balaban J connectivity index is 1.99. The van der Waals surface area contributed by atoms with Crippen LogP contribution in [0.25, 0.3) is 0 Å².